The Morgan fingerprint density at radius 1 is 0.979 bits per heavy atom. The first-order valence-corrected chi connectivity index (χ1v) is 16.9. The van der Waals surface area contributed by atoms with Gasteiger partial charge in [0.15, 0.2) is 0 Å². The number of hydrogen-bond acceptors (Lipinski definition) is 7. The third kappa shape index (κ3) is 4.63. The van der Waals surface area contributed by atoms with Gasteiger partial charge in [0.2, 0.25) is 11.8 Å². The number of nitrogens with one attached hydrogen (secondary N) is 1. The van der Waals surface area contributed by atoms with Crippen LogP contribution in [0.25, 0.3) is 0 Å². The van der Waals surface area contributed by atoms with E-state index in [1.165, 1.54) is 18.1 Å². The molecular weight excluding hydrogens is 709 g/mol. The highest BCUT2D eigenvalue weighted by molar-refractivity contribution is 9.10. The van der Waals surface area contributed by atoms with E-state index in [2.05, 4.69) is 21.4 Å². The van der Waals surface area contributed by atoms with Gasteiger partial charge in [0.1, 0.15) is 11.5 Å². The Morgan fingerprint density at radius 2 is 1.72 bits per heavy atom. The Bertz CT molecular complexity index is 1880. The van der Waals surface area contributed by atoms with Crippen molar-refractivity contribution in [3.63, 3.8) is 0 Å². The number of carbonyl (C=O) groups is 4. The number of ether oxygens (including phenoxy) is 1. The highest BCUT2D eigenvalue weighted by Crippen LogP contribution is 2.65. The molecule has 6 atom stereocenters. The molecule has 9 nitrogen and oxygen atoms in total. The zero-order valence-electron chi connectivity index (χ0n) is 25.4. The first-order valence-electron chi connectivity index (χ1n) is 15.3. The van der Waals surface area contributed by atoms with Gasteiger partial charge >= 0.3 is 0 Å². The molecule has 7 rings (SSSR count). The van der Waals surface area contributed by atoms with E-state index in [1.54, 1.807) is 61.5 Å². The van der Waals surface area contributed by atoms with Crippen LogP contribution >= 0.6 is 39.1 Å². The normalized spacial score (nSPS) is 28.2. The molecule has 2 N–H and O–H groups in total. The Balaban J connectivity index is 1.48. The quantitative estimate of drug-likeness (QED) is 0.220. The van der Waals surface area contributed by atoms with Crippen LogP contribution in [0.1, 0.15) is 36.8 Å². The van der Waals surface area contributed by atoms with Crippen molar-refractivity contribution < 1.29 is 29.0 Å². The predicted molar refractivity (Wildman–Crippen MR) is 179 cm³/mol. The third-order valence-corrected chi connectivity index (χ3v) is 11.3. The van der Waals surface area contributed by atoms with E-state index in [0.717, 1.165) is 10.6 Å². The Morgan fingerprint density at radius 3 is 2.40 bits per heavy atom. The van der Waals surface area contributed by atoms with Crippen molar-refractivity contribution in [2.45, 2.75) is 31.1 Å². The molecule has 2 aliphatic heterocycles. The lowest BCUT2D eigenvalue weighted by molar-refractivity contribution is -0.141. The van der Waals surface area contributed by atoms with E-state index < -0.39 is 46.8 Å². The first-order chi connectivity index (χ1) is 22.5. The summed E-state index contributed by atoms with van der Waals surface area (Å²) in [5, 5.41) is 13.1. The molecular formula is C35H30BrCl2N3O6. The van der Waals surface area contributed by atoms with Gasteiger partial charge in [-0.05, 0) is 79.8 Å². The molecule has 6 unspecified atom stereocenters. The summed E-state index contributed by atoms with van der Waals surface area (Å²) in [6, 6.07) is 16.7. The smallest absolute Gasteiger partial charge is 0.260 e. The number of phenolic OH excluding ortho intramolecular Hbond substituents is 1. The number of hydrazine groups is 1. The third-order valence-electron chi connectivity index (χ3n) is 10.3. The fraction of sp³-hybridized carbons (Fsp3) is 0.314. The maximum absolute atomic E-state index is 15.2. The predicted octanol–water partition coefficient (Wildman–Crippen LogP) is 6.47. The highest BCUT2D eigenvalue weighted by atomic mass is 79.9. The minimum Gasteiger partial charge on any atom is -0.508 e. The summed E-state index contributed by atoms with van der Waals surface area (Å²) < 4.78 is 6.09. The van der Waals surface area contributed by atoms with Gasteiger partial charge in [-0.1, -0.05) is 62.9 Å². The van der Waals surface area contributed by atoms with Crippen molar-refractivity contribution in [1.82, 2.24) is 9.91 Å². The molecule has 47 heavy (non-hydrogen) atoms. The van der Waals surface area contributed by atoms with Gasteiger partial charge in [0.05, 0.1) is 41.0 Å². The summed E-state index contributed by atoms with van der Waals surface area (Å²) in [4.78, 5) is 58.4. The molecule has 4 aliphatic rings. The number of amides is 4. The topological polar surface area (TPSA) is 116 Å². The van der Waals surface area contributed by atoms with Crippen molar-refractivity contribution in [1.29, 1.82) is 0 Å². The first kappa shape index (κ1) is 31.7. The number of imide groups is 2. The fourth-order valence-electron chi connectivity index (χ4n) is 8.32. The van der Waals surface area contributed by atoms with Crippen LogP contribution in [0.15, 0.2) is 76.8 Å². The number of fused-ring (bicyclic) bond motifs is 4. The molecule has 1 saturated carbocycles. The average molecular weight is 739 g/mol. The zero-order chi connectivity index (χ0) is 33.4. The summed E-state index contributed by atoms with van der Waals surface area (Å²) in [5.74, 6) is -4.69. The van der Waals surface area contributed by atoms with Crippen LogP contribution in [0, 0.1) is 23.7 Å². The van der Waals surface area contributed by atoms with Crippen LogP contribution in [-0.2, 0) is 24.6 Å². The SMILES string of the molecule is CCN1C(=O)C2CC=C3C(CC4C(=O)N(Nc5ccc(Cl)cc5Cl)C(=O)C4(c4ccc(OC)cc4)C3c3cc(Br)ccc3O)C2C1=O. The van der Waals surface area contributed by atoms with Crippen LogP contribution in [0.2, 0.25) is 10.0 Å². The minimum atomic E-state index is -1.56. The number of halogens is 3. The molecule has 0 bridgehead atoms. The number of rotatable bonds is 6. The summed E-state index contributed by atoms with van der Waals surface area (Å²) in [6.45, 7) is 2.02. The van der Waals surface area contributed by atoms with Crippen molar-refractivity contribution >= 4 is 68.4 Å². The second-order valence-electron chi connectivity index (χ2n) is 12.3. The number of allylic oxidation sites excluding steroid dienone is 2. The van der Waals surface area contributed by atoms with Crippen LogP contribution in [0.3, 0.4) is 0 Å². The number of nitrogens with zero attached hydrogens (tertiary/aromatic N) is 2. The van der Waals surface area contributed by atoms with Gasteiger partial charge in [-0.2, -0.15) is 5.01 Å². The van der Waals surface area contributed by atoms with Crippen molar-refractivity contribution in [2.75, 3.05) is 19.1 Å². The molecule has 4 amide bonds. The molecule has 3 aromatic rings. The molecule has 3 fully saturated rings. The van der Waals surface area contributed by atoms with Gasteiger partial charge in [-0.25, -0.2) is 0 Å². The Labute approximate surface area is 289 Å². The number of anilines is 1. The lowest BCUT2D eigenvalue weighted by atomic mass is 9.49. The number of likely N-dealkylation sites (tertiary alicyclic amines) is 1. The van der Waals surface area contributed by atoms with Crippen molar-refractivity contribution in [2.24, 2.45) is 23.7 Å². The second-order valence-corrected chi connectivity index (χ2v) is 14.1. The fourth-order valence-corrected chi connectivity index (χ4v) is 9.15. The highest BCUT2D eigenvalue weighted by Gasteiger charge is 2.70. The van der Waals surface area contributed by atoms with E-state index in [1.807, 2.05) is 6.08 Å². The van der Waals surface area contributed by atoms with Crippen LogP contribution in [0.5, 0.6) is 11.5 Å². The number of phenols is 1. The van der Waals surface area contributed by atoms with Crippen LogP contribution in [0.4, 0.5) is 5.69 Å². The van der Waals surface area contributed by atoms with E-state index in [9.17, 15) is 19.5 Å². The minimum absolute atomic E-state index is 0.0649. The Hall–Kier alpha value is -3.86. The summed E-state index contributed by atoms with van der Waals surface area (Å²) >= 11 is 16.2. The Kier molecular flexibility index (Phi) is 7.88. The lowest BCUT2D eigenvalue weighted by Crippen LogP contribution is -2.53. The summed E-state index contributed by atoms with van der Waals surface area (Å²) in [5.41, 5.74) is 3.43. The van der Waals surface area contributed by atoms with Crippen LogP contribution in [-0.4, -0.2) is 52.3 Å². The van der Waals surface area contributed by atoms with Gasteiger partial charge < -0.3 is 9.84 Å². The second kappa shape index (κ2) is 11.7. The molecule has 2 heterocycles. The van der Waals surface area contributed by atoms with E-state index in [-0.39, 0.29) is 35.6 Å². The van der Waals surface area contributed by atoms with Gasteiger partial charge in [0, 0.05) is 27.5 Å². The van der Waals surface area contributed by atoms with Gasteiger partial charge in [-0.15, -0.1) is 0 Å². The zero-order valence-corrected chi connectivity index (χ0v) is 28.5. The van der Waals surface area contributed by atoms with Crippen molar-refractivity contribution in [3.05, 3.63) is 98.0 Å². The number of carbonyl (C=O) groups excluding carboxylic acids is 4. The monoisotopic (exact) mass is 737 g/mol. The molecule has 2 aliphatic carbocycles. The lowest BCUT2D eigenvalue weighted by Gasteiger charge is -2.50. The largest absolute Gasteiger partial charge is 0.508 e. The number of methoxy groups -OCH3 is 1. The summed E-state index contributed by atoms with van der Waals surface area (Å²) in [6.07, 6.45) is 2.39. The van der Waals surface area contributed by atoms with Gasteiger partial charge in [0.25, 0.3) is 11.8 Å². The molecule has 12 heteroatoms. The molecule has 0 radical (unpaired) electrons. The molecule has 3 aromatic carbocycles. The molecule has 2 saturated heterocycles. The maximum atomic E-state index is 15.2. The average Bonchev–Trinajstić information content (AvgIpc) is 3.43. The summed E-state index contributed by atoms with van der Waals surface area (Å²) in [7, 11) is 1.54. The number of hydrogen-bond donors (Lipinski definition) is 2. The van der Waals surface area contributed by atoms with Gasteiger partial charge in [-0.3, -0.25) is 29.5 Å². The van der Waals surface area contributed by atoms with E-state index in [0.29, 0.717) is 38.5 Å². The molecule has 242 valence electrons. The number of benzene rings is 3. The van der Waals surface area contributed by atoms with E-state index >= 15 is 4.79 Å². The standard InChI is InChI=1S/C35H30BrCl2N3O6/c1-3-40-31(43)22-11-10-21-23(29(22)33(40)45)16-25-32(44)41(39-27-12-7-19(37)15-26(27)38)34(46)35(25,17-4-8-20(47-2)9-5-17)30(21)24-14-18(36)6-13-28(24)42/h4-10,12-15,22-23,25,29-30,39,42H,3,11,16H2,1-2H3. The number of aromatic hydroxyl groups is 1. The maximum Gasteiger partial charge on any atom is 0.260 e. The molecule has 0 aromatic heterocycles. The van der Waals surface area contributed by atoms with E-state index in [4.69, 9.17) is 27.9 Å². The van der Waals surface area contributed by atoms with Crippen LogP contribution < -0.4 is 10.2 Å². The van der Waals surface area contributed by atoms with Crippen molar-refractivity contribution in [3.8, 4) is 11.5 Å². The molecule has 0 spiro atoms.